The molecule has 4 rings (SSSR count). The van der Waals surface area contributed by atoms with Gasteiger partial charge in [-0.25, -0.2) is 4.79 Å². The summed E-state index contributed by atoms with van der Waals surface area (Å²) in [5.74, 6) is 0.400. The van der Waals surface area contributed by atoms with Crippen molar-refractivity contribution in [2.75, 3.05) is 0 Å². The van der Waals surface area contributed by atoms with E-state index >= 15 is 0 Å². The van der Waals surface area contributed by atoms with Gasteiger partial charge in [0.1, 0.15) is 0 Å². The molecule has 2 aromatic heterocycles. The van der Waals surface area contributed by atoms with Crippen molar-refractivity contribution in [2.24, 2.45) is 0 Å². The molecule has 6 heteroatoms. The third kappa shape index (κ3) is 3.07. The number of rotatable bonds is 3. The molecule has 26 heavy (non-hydrogen) atoms. The molecule has 134 valence electrons. The molecular formula is C20H21N3O3. The summed E-state index contributed by atoms with van der Waals surface area (Å²) in [7, 11) is 0. The predicted octanol–water partition coefficient (Wildman–Crippen LogP) is 4.11. The number of benzene rings is 1. The third-order valence-electron chi connectivity index (χ3n) is 4.80. The Labute approximate surface area is 151 Å². The van der Waals surface area contributed by atoms with Gasteiger partial charge in [0.15, 0.2) is 6.10 Å². The normalized spacial score (nSPS) is 15.3. The highest BCUT2D eigenvalue weighted by molar-refractivity contribution is 6.05. The number of aryl methyl sites for hydroxylation is 2. The van der Waals surface area contributed by atoms with Gasteiger partial charge < -0.3 is 9.15 Å². The molecule has 0 spiro atoms. The first-order valence-corrected chi connectivity index (χ1v) is 9.05. The van der Waals surface area contributed by atoms with Crippen molar-refractivity contribution in [3.05, 3.63) is 52.9 Å². The van der Waals surface area contributed by atoms with Crippen LogP contribution in [-0.4, -0.2) is 21.2 Å². The van der Waals surface area contributed by atoms with Gasteiger partial charge in [-0.1, -0.05) is 24.6 Å². The molecule has 0 bridgehead atoms. The summed E-state index contributed by atoms with van der Waals surface area (Å²) in [5, 5.41) is 8.59. The molecular weight excluding hydrogens is 330 g/mol. The monoisotopic (exact) mass is 351 g/mol. The SMILES string of the molecule is Cc1nnc(C(C)OC(=O)c2c3c(nc4ccccc24)CCCCC3)o1. The Balaban J connectivity index is 1.76. The first-order chi connectivity index (χ1) is 12.6. The summed E-state index contributed by atoms with van der Waals surface area (Å²) in [6.07, 6.45) is 4.47. The number of hydrogen-bond acceptors (Lipinski definition) is 6. The smallest absolute Gasteiger partial charge is 0.339 e. The number of hydrogen-bond donors (Lipinski definition) is 0. The number of aromatic nitrogens is 3. The van der Waals surface area contributed by atoms with Gasteiger partial charge in [-0.05, 0) is 44.2 Å². The zero-order valence-corrected chi connectivity index (χ0v) is 15.0. The number of nitrogens with zero attached hydrogens (tertiary/aromatic N) is 3. The molecule has 0 aliphatic heterocycles. The van der Waals surface area contributed by atoms with Gasteiger partial charge >= 0.3 is 5.97 Å². The first-order valence-electron chi connectivity index (χ1n) is 9.05. The van der Waals surface area contributed by atoms with E-state index in [9.17, 15) is 4.79 Å². The summed E-state index contributed by atoms with van der Waals surface area (Å²) >= 11 is 0. The van der Waals surface area contributed by atoms with E-state index in [1.54, 1.807) is 13.8 Å². The molecule has 1 aliphatic rings. The Morgan fingerprint density at radius 3 is 2.77 bits per heavy atom. The van der Waals surface area contributed by atoms with Gasteiger partial charge in [0.05, 0.1) is 11.1 Å². The van der Waals surface area contributed by atoms with Crippen LogP contribution >= 0.6 is 0 Å². The fourth-order valence-corrected chi connectivity index (χ4v) is 3.53. The Morgan fingerprint density at radius 2 is 1.96 bits per heavy atom. The highest BCUT2D eigenvalue weighted by atomic mass is 16.6. The lowest BCUT2D eigenvalue weighted by Crippen LogP contribution is -2.14. The number of para-hydroxylation sites is 1. The predicted molar refractivity (Wildman–Crippen MR) is 95.9 cm³/mol. The van der Waals surface area contributed by atoms with Crippen molar-refractivity contribution in [1.29, 1.82) is 0 Å². The fourth-order valence-electron chi connectivity index (χ4n) is 3.53. The van der Waals surface area contributed by atoms with E-state index in [1.807, 2.05) is 24.3 Å². The number of carbonyl (C=O) groups is 1. The van der Waals surface area contributed by atoms with E-state index in [-0.39, 0.29) is 5.97 Å². The highest BCUT2D eigenvalue weighted by Crippen LogP contribution is 2.30. The van der Waals surface area contributed by atoms with E-state index < -0.39 is 6.10 Å². The Morgan fingerprint density at radius 1 is 1.15 bits per heavy atom. The Hall–Kier alpha value is -2.76. The van der Waals surface area contributed by atoms with Crippen molar-refractivity contribution >= 4 is 16.9 Å². The van der Waals surface area contributed by atoms with Crippen LogP contribution in [0.15, 0.2) is 28.7 Å². The molecule has 0 N–H and O–H groups in total. The lowest BCUT2D eigenvalue weighted by atomic mass is 9.97. The quantitative estimate of drug-likeness (QED) is 0.522. The van der Waals surface area contributed by atoms with E-state index in [2.05, 4.69) is 10.2 Å². The largest absolute Gasteiger partial charge is 0.449 e. The van der Waals surface area contributed by atoms with Crippen LogP contribution in [0.2, 0.25) is 0 Å². The molecule has 0 saturated heterocycles. The second kappa shape index (κ2) is 6.86. The number of esters is 1. The van der Waals surface area contributed by atoms with E-state index in [0.717, 1.165) is 54.3 Å². The van der Waals surface area contributed by atoms with Crippen molar-refractivity contribution in [2.45, 2.75) is 52.1 Å². The van der Waals surface area contributed by atoms with Gasteiger partial charge in [-0.15, -0.1) is 10.2 Å². The lowest BCUT2D eigenvalue weighted by molar-refractivity contribution is 0.0277. The van der Waals surface area contributed by atoms with Crippen LogP contribution in [0.4, 0.5) is 0 Å². The molecule has 1 atom stereocenters. The Kier molecular flexibility index (Phi) is 4.41. The van der Waals surface area contributed by atoms with E-state index in [0.29, 0.717) is 17.3 Å². The van der Waals surface area contributed by atoms with Crippen LogP contribution in [0.5, 0.6) is 0 Å². The van der Waals surface area contributed by atoms with E-state index in [1.165, 1.54) is 0 Å². The van der Waals surface area contributed by atoms with Gasteiger partial charge in [0.2, 0.25) is 5.89 Å². The van der Waals surface area contributed by atoms with Gasteiger partial charge in [-0.3, -0.25) is 4.98 Å². The summed E-state index contributed by atoms with van der Waals surface area (Å²) in [5.41, 5.74) is 3.52. The van der Waals surface area contributed by atoms with Gasteiger partial charge in [0, 0.05) is 18.0 Å². The van der Waals surface area contributed by atoms with Crippen molar-refractivity contribution in [1.82, 2.24) is 15.2 Å². The first kappa shape index (κ1) is 16.7. The molecule has 1 aliphatic carbocycles. The average molecular weight is 351 g/mol. The molecule has 3 aromatic rings. The van der Waals surface area contributed by atoms with E-state index in [4.69, 9.17) is 14.1 Å². The van der Waals surface area contributed by atoms with Crippen LogP contribution in [0.25, 0.3) is 10.9 Å². The standard InChI is InChI=1S/C20H21N3O3/c1-12(19-23-22-13(2)26-19)25-20(24)18-14-8-4-3-5-10-16(14)21-17-11-7-6-9-15(17)18/h6-7,9,11-12H,3-5,8,10H2,1-2H3. The maximum atomic E-state index is 13.1. The summed E-state index contributed by atoms with van der Waals surface area (Å²) in [6.45, 7) is 3.45. The van der Waals surface area contributed by atoms with Crippen molar-refractivity contribution < 1.29 is 13.9 Å². The molecule has 0 amide bonds. The molecule has 0 saturated carbocycles. The minimum Gasteiger partial charge on any atom is -0.449 e. The number of pyridine rings is 1. The zero-order valence-electron chi connectivity index (χ0n) is 15.0. The molecule has 0 fully saturated rings. The third-order valence-corrected chi connectivity index (χ3v) is 4.80. The van der Waals surface area contributed by atoms with Gasteiger partial charge in [0.25, 0.3) is 5.89 Å². The van der Waals surface area contributed by atoms with Gasteiger partial charge in [-0.2, -0.15) is 0 Å². The van der Waals surface area contributed by atoms with Crippen molar-refractivity contribution in [3.8, 4) is 0 Å². The molecule has 1 aromatic carbocycles. The maximum absolute atomic E-state index is 13.1. The number of fused-ring (bicyclic) bond motifs is 2. The topological polar surface area (TPSA) is 78.1 Å². The maximum Gasteiger partial charge on any atom is 0.339 e. The average Bonchev–Trinajstić information content (AvgIpc) is 2.94. The lowest BCUT2D eigenvalue weighted by Gasteiger charge is -2.16. The van der Waals surface area contributed by atoms with Crippen LogP contribution in [0.1, 0.15) is 65.7 Å². The number of ether oxygens (including phenoxy) is 1. The van der Waals surface area contributed by atoms with Crippen molar-refractivity contribution in [3.63, 3.8) is 0 Å². The summed E-state index contributed by atoms with van der Waals surface area (Å²) in [4.78, 5) is 17.9. The molecule has 1 unspecified atom stereocenters. The summed E-state index contributed by atoms with van der Waals surface area (Å²) < 4.78 is 11.1. The fraction of sp³-hybridized carbons (Fsp3) is 0.400. The highest BCUT2D eigenvalue weighted by Gasteiger charge is 2.25. The molecule has 2 heterocycles. The summed E-state index contributed by atoms with van der Waals surface area (Å²) in [6, 6.07) is 7.75. The minimum atomic E-state index is -0.600. The minimum absolute atomic E-state index is 0.306. The second-order valence-corrected chi connectivity index (χ2v) is 6.70. The van der Waals surface area contributed by atoms with Crippen LogP contribution in [0, 0.1) is 6.92 Å². The van der Waals surface area contributed by atoms with Crippen LogP contribution < -0.4 is 0 Å². The molecule has 6 nitrogen and oxygen atoms in total. The number of carbonyl (C=O) groups excluding carboxylic acids is 1. The second-order valence-electron chi connectivity index (χ2n) is 6.70. The molecule has 0 radical (unpaired) electrons. The van der Waals surface area contributed by atoms with Crippen LogP contribution in [-0.2, 0) is 17.6 Å². The Bertz CT molecular complexity index is 964. The zero-order chi connectivity index (χ0) is 18.1. The van der Waals surface area contributed by atoms with Crippen LogP contribution in [0.3, 0.4) is 0 Å².